The highest BCUT2D eigenvalue weighted by Crippen LogP contribution is 2.20. The smallest absolute Gasteiger partial charge is 0.266 e. The van der Waals surface area contributed by atoms with Crippen LogP contribution < -0.4 is 15.6 Å². The van der Waals surface area contributed by atoms with E-state index in [2.05, 4.69) is 10.4 Å². The molecule has 0 radical (unpaired) electrons. The van der Waals surface area contributed by atoms with E-state index in [9.17, 15) is 9.59 Å². The Kier molecular flexibility index (Phi) is 6.95. The van der Waals surface area contributed by atoms with Crippen molar-refractivity contribution in [3.63, 3.8) is 0 Å². The number of aromatic nitrogens is 2. The van der Waals surface area contributed by atoms with Crippen LogP contribution in [0.25, 0.3) is 11.3 Å². The number of amides is 1. The average molecular weight is 402 g/mol. The first-order valence-electron chi connectivity index (χ1n) is 9.71. The van der Waals surface area contributed by atoms with E-state index in [0.29, 0.717) is 36.5 Å². The lowest BCUT2D eigenvalue weighted by atomic mass is 10.1. The highest BCUT2D eigenvalue weighted by Gasteiger charge is 2.08. The second kappa shape index (κ2) is 10.0. The van der Waals surface area contributed by atoms with Crippen molar-refractivity contribution in [3.8, 4) is 23.1 Å². The van der Waals surface area contributed by atoms with Gasteiger partial charge in [0.1, 0.15) is 11.8 Å². The van der Waals surface area contributed by atoms with Crippen LogP contribution in [-0.2, 0) is 11.3 Å². The molecule has 0 aliphatic carbocycles. The number of para-hydroxylation sites is 1. The summed E-state index contributed by atoms with van der Waals surface area (Å²) in [7, 11) is 0. The molecule has 1 aromatic heterocycles. The summed E-state index contributed by atoms with van der Waals surface area (Å²) in [6.45, 7) is 2.84. The number of ether oxygens (including phenoxy) is 1. The number of benzene rings is 2. The van der Waals surface area contributed by atoms with E-state index < -0.39 is 0 Å². The molecule has 1 amide bonds. The van der Waals surface area contributed by atoms with Gasteiger partial charge in [-0.25, -0.2) is 4.68 Å². The lowest BCUT2D eigenvalue weighted by Gasteiger charge is -2.09. The van der Waals surface area contributed by atoms with Crippen molar-refractivity contribution in [1.82, 2.24) is 9.78 Å². The number of carbonyl (C=O) groups is 1. The maximum Gasteiger partial charge on any atom is 0.266 e. The SMILES string of the molecule is CCOc1ccc(-c2ccc(=O)n(CCCC(=O)Nc3ccccc3C#N)n2)cc1. The second-order valence-corrected chi connectivity index (χ2v) is 6.55. The van der Waals surface area contributed by atoms with Gasteiger partial charge in [-0.2, -0.15) is 10.4 Å². The zero-order valence-electron chi connectivity index (χ0n) is 16.7. The van der Waals surface area contributed by atoms with Crippen LogP contribution in [0.5, 0.6) is 5.75 Å². The van der Waals surface area contributed by atoms with Crippen molar-refractivity contribution in [2.24, 2.45) is 0 Å². The molecule has 0 spiro atoms. The Morgan fingerprint density at radius 1 is 1.13 bits per heavy atom. The third kappa shape index (κ3) is 5.32. The third-order valence-electron chi connectivity index (χ3n) is 4.42. The van der Waals surface area contributed by atoms with Gasteiger partial charge in [0.2, 0.25) is 5.91 Å². The number of nitriles is 1. The largest absolute Gasteiger partial charge is 0.494 e. The quantitative estimate of drug-likeness (QED) is 0.621. The average Bonchev–Trinajstić information content (AvgIpc) is 2.76. The Bertz CT molecular complexity index is 1110. The van der Waals surface area contributed by atoms with Crippen LogP contribution in [0.3, 0.4) is 0 Å². The van der Waals surface area contributed by atoms with Gasteiger partial charge in [-0.3, -0.25) is 9.59 Å². The minimum Gasteiger partial charge on any atom is -0.494 e. The Morgan fingerprint density at radius 3 is 2.63 bits per heavy atom. The van der Waals surface area contributed by atoms with E-state index >= 15 is 0 Å². The first-order valence-corrected chi connectivity index (χ1v) is 9.71. The molecule has 0 saturated heterocycles. The van der Waals surface area contributed by atoms with E-state index in [4.69, 9.17) is 10.00 Å². The fourth-order valence-electron chi connectivity index (χ4n) is 2.94. The number of anilines is 1. The number of hydrogen-bond acceptors (Lipinski definition) is 5. The second-order valence-electron chi connectivity index (χ2n) is 6.55. The minimum atomic E-state index is -0.222. The molecule has 0 aliphatic rings. The van der Waals surface area contributed by atoms with Crippen LogP contribution in [0.2, 0.25) is 0 Å². The van der Waals surface area contributed by atoms with Gasteiger partial charge >= 0.3 is 0 Å². The van der Waals surface area contributed by atoms with E-state index in [1.165, 1.54) is 10.7 Å². The van der Waals surface area contributed by atoms with Crippen molar-refractivity contribution in [2.75, 3.05) is 11.9 Å². The standard InChI is InChI=1S/C23H22N4O3/c1-2-30-19-11-9-17(10-12-19)21-13-14-23(29)27(26-21)15-5-8-22(28)25-20-7-4-3-6-18(20)16-24/h3-4,6-7,9-14H,2,5,8,15H2,1H3,(H,25,28). The van der Waals surface area contributed by atoms with Gasteiger partial charge in [0.05, 0.1) is 23.6 Å². The van der Waals surface area contributed by atoms with E-state index in [1.54, 1.807) is 30.3 Å². The number of nitrogens with zero attached hydrogens (tertiary/aromatic N) is 3. The van der Waals surface area contributed by atoms with Gasteiger partial charge in [0.25, 0.3) is 5.56 Å². The molecule has 7 nitrogen and oxygen atoms in total. The summed E-state index contributed by atoms with van der Waals surface area (Å²) in [5.74, 6) is 0.562. The molecule has 152 valence electrons. The van der Waals surface area contributed by atoms with Crippen molar-refractivity contribution < 1.29 is 9.53 Å². The van der Waals surface area contributed by atoms with Crippen LogP contribution in [0.15, 0.2) is 65.5 Å². The summed E-state index contributed by atoms with van der Waals surface area (Å²) in [6, 6.07) is 19.5. The predicted octanol–water partition coefficient (Wildman–Crippen LogP) is 3.60. The number of hydrogen-bond donors (Lipinski definition) is 1. The van der Waals surface area contributed by atoms with Crippen molar-refractivity contribution >= 4 is 11.6 Å². The molecule has 1 N–H and O–H groups in total. The van der Waals surface area contributed by atoms with Crippen molar-refractivity contribution in [3.05, 3.63) is 76.6 Å². The zero-order chi connectivity index (χ0) is 21.3. The summed E-state index contributed by atoms with van der Waals surface area (Å²) in [5.41, 5.74) is 2.22. The maximum atomic E-state index is 12.2. The third-order valence-corrected chi connectivity index (χ3v) is 4.42. The van der Waals surface area contributed by atoms with Gasteiger partial charge in [0.15, 0.2) is 0 Å². The molecular weight excluding hydrogens is 380 g/mol. The lowest BCUT2D eigenvalue weighted by Crippen LogP contribution is -2.23. The Hall–Kier alpha value is -3.92. The first-order chi connectivity index (χ1) is 14.6. The number of nitrogens with one attached hydrogen (secondary N) is 1. The van der Waals surface area contributed by atoms with Crippen molar-refractivity contribution in [2.45, 2.75) is 26.3 Å². The maximum absolute atomic E-state index is 12.2. The van der Waals surface area contributed by atoms with E-state index in [0.717, 1.165) is 11.3 Å². The topological polar surface area (TPSA) is 97.0 Å². The fraction of sp³-hybridized carbons (Fsp3) is 0.217. The van der Waals surface area contributed by atoms with Gasteiger partial charge in [-0.1, -0.05) is 12.1 Å². The lowest BCUT2D eigenvalue weighted by molar-refractivity contribution is -0.116. The molecule has 3 rings (SSSR count). The molecule has 1 heterocycles. The minimum absolute atomic E-state index is 0.209. The zero-order valence-corrected chi connectivity index (χ0v) is 16.7. The van der Waals surface area contributed by atoms with Crippen LogP contribution in [-0.4, -0.2) is 22.3 Å². The molecule has 0 bridgehead atoms. The van der Waals surface area contributed by atoms with Crippen LogP contribution in [0.1, 0.15) is 25.3 Å². The molecule has 2 aromatic carbocycles. The Balaban J connectivity index is 1.61. The summed E-state index contributed by atoms with van der Waals surface area (Å²) < 4.78 is 6.80. The van der Waals surface area contributed by atoms with Gasteiger partial charge in [-0.05, 0) is 55.8 Å². The fourth-order valence-corrected chi connectivity index (χ4v) is 2.94. The number of carbonyl (C=O) groups excluding carboxylic acids is 1. The normalized spacial score (nSPS) is 10.3. The van der Waals surface area contributed by atoms with Crippen LogP contribution in [0, 0.1) is 11.3 Å². The highest BCUT2D eigenvalue weighted by atomic mass is 16.5. The monoisotopic (exact) mass is 402 g/mol. The van der Waals surface area contributed by atoms with E-state index in [-0.39, 0.29) is 17.9 Å². The van der Waals surface area contributed by atoms with Gasteiger partial charge in [-0.15, -0.1) is 0 Å². The number of rotatable bonds is 8. The highest BCUT2D eigenvalue weighted by molar-refractivity contribution is 5.92. The van der Waals surface area contributed by atoms with Gasteiger partial charge in [0, 0.05) is 24.6 Å². The predicted molar refractivity (Wildman–Crippen MR) is 114 cm³/mol. The van der Waals surface area contributed by atoms with Crippen LogP contribution in [0.4, 0.5) is 5.69 Å². The van der Waals surface area contributed by atoms with Gasteiger partial charge < -0.3 is 10.1 Å². The molecular formula is C23H22N4O3. The Morgan fingerprint density at radius 2 is 1.90 bits per heavy atom. The number of aryl methyl sites for hydroxylation is 1. The summed E-state index contributed by atoms with van der Waals surface area (Å²) in [5, 5.41) is 16.2. The Labute approximate surface area is 174 Å². The van der Waals surface area contributed by atoms with E-state index in [1.807, 2.05) is 37.3 Å². The molecule has 0 unspecified atom stereocenters. The molecule has 0 atom stereocenters. The molecule has 7 heteroatoms. The summed E-state index contributed by atoms with van der Waals surface area (Å²) in [6.07, 6.45) is 0.654. The molecule has 0 aliphatic heterocycles. The first kappa shape index (κ1) is 20.8. The molecule has 0 saturated carbocycles. The van der Waals surface area contributed by atoms with Crippen molar-refractivity contribution in [1.29, 1.82) is 5.26 Å². The summed E-state index contributed by atoms with van der Waals surface area (Å²) >= 11 is 0. The molecule has 0 fully saturated rings. The molecule has 30 heavy (non-hydrogen) atoms. The molecule has 3 aromatic rings. The summed E-state index contributed by atoms with van der Waals surface area (Å²) in [4.78, 5) is 24.3. The van der Waals surface area contributed by atoms with Crippen LogP contribution >= 0.6 is 0 Å².